The molecule has 0 aliphatic carbocycles. The minimum atomic E-state index is -0.514. The van der Waals surface area contributed by atoms with Crippen LogP contribution in [0.4, 0.5) is 5.69 Å². The molecular formula is C10H8N2O2. The molecule has 0 radical (unpaired) electrons. The number of rotatable bonds is 1. The summed E-state index contributed by atoms with van der Waals surface area (Å²) >= 11 is 0. The largest absolute Gasteiger partial charge is 0.366 e. The molecule has 1 aliphatic rings. The molecule has 4 heteroatoms. The second kappa shape index (κ2) is 2.70. The maximum Gasteiger partial charge on any atom is 0.255 e. The molecule has 1 aromatic rings. The summed E-state index contributed by atoms with van der Waals surface area (Å²) in [6.07, 6.45) is 0. The Bertz CT molecular complexity index is 463. The zero-order valence-electron chi connectivity index (χ0n) is 7.33. The van der Waals surface area contributed by atoms with Gasteiger partial charge in [0.15, 0.2) is 0 Å². The molecule has 4 nitrogen and oxygen atoms in total. The molecule has 1 aliphatic heterocycles. The van der Waals surface area contributed by atoms with E-state index < -0.39 is 5.91 Å². The van der Waals surface area contributed by atoms with Gasteiger partial charge in [0.1, 0.15) is 0 Å². The Morgan fingerprint density at radius 1 is 1.43 bits per heavy atom. The molecule has 2 rings (SSSR count). The fourth-order valence-corrected chi connectivity index (χ4v) is 1.38. The number of hydrogen-bond donors (Lipinski definition) is 2. The maximum absolute atomic E-state index is 11.2. The number of carbonyl (C=O) groups is 2. The van der Waals surface area contributed by atoms with Crippen LogP contribution >= 0.6 is 0 Å². The van der Waals surface area contributed by atoms with E-state index in [-0.39, 0.29) is 5.91 Å². The highest BCUT2D eigenvalue weighted by molar-refractivity contribution is 6.31. The smallest absolute Gasteiger partial charge is 0.255 e. The summed E-state index contributed by atoms with van der Waals surface area (Å²) in [6.45, 7) is 3.61. The van der Waals surface area contributed by atoms with Crippen molar-refractivity contribution in [1.29, 1.82) is 0 Å². The van der Waals surface area contributed by atoms with Crippen LogP contribution in [0.3, 0.4) is 0 Å². The average molecular weight is 188 g/mol. The maximum atomic E-state index is 11.2. The highest BCUT2D eigenvalue weighted by Gasteiger charge is 2.22. The number of anilines is 1. The molecule has 1 heterocycles. The zero-order chi connectivity index (χ0) is 10.3. The molecule has 0 aromatic heterocycles. The van der Waals surface area contributed by atoms with Gasteiger partial charge in [0, 0.05) is 22.4 Å². The predicted molar refractivity (Wildman–Crippen MR) is 52.6 cm³/mol. The van der Waals surface area contributed by atoms with Gasteiger partial charge in [0.2, 0.25) is 5.91 Å². The summed E-state index contributed by atoms with van der Waals surface area (Å²) in [6, 6.07) is 4.78. The molecule has 0 unspecified atom stereocenters. The van der Waals surface area contributed by atoms with Gasteiger partial charge in [-0.1, -0.05) is 6.58 Å². The van der Waals surface area contributed by atoms with Gasteiger partial charge < -0.3 is 11.1 Å². The Labute approximate surface area is 80.4 Å². The van der Waals surface area contributed by atoms with Crippen molar-refractivity contribution in [1.82, 2.24) is 0 Å². The third kappa shape index (κ3) is 1.08. The van der Waals surface area contributed by atoms with E-state index in [1.165, 1.54) is 0 Å². The van der Waals surface area contributed by atoms with Crippen LogP contribution in [0, 0.1) is 0 Å². The van der Waals surface area contributed by atoms with Crippen LogP contribution in [0.2, 0.25) is 0 Å². The van der Waals surface area contributed by atoms with Gasteiger partial charge in [0.05, 0.1) is 0 Å². The standard InChI is InChI=1S/C10H8N2O2/c1-5-7-4-6(9(11)13)2-3-8(7)12-10(5)14/h2-4H,1H2,(H2,11,13)(H,12,14). The molecule has 0 saturated carbocycles. The van der Waals surface area contributed by atoms with E-state index in [4.69, 9.17) is 5.73 Å². The third-order valence-electron chi connectivity index (χ3n) is 2.15. The molecule has 3 N–H and O–H groups in total. The lowest BCUT2D eigenvalue weighted by Crippen LogP contribution is -2.10. The van der Waals surface area contributed by atoms with Crippen LogP contribution in [-0.2, 0) is 4.79 Å². The summed E-state index contributed by atoms with van der Waals surface area (Å²) in [5.74, 6) is -0.749. The van der Waals surface area contributed by atoms with Crippen LogP contribution in [0.25, 0.3) is 5.57 Å². The molecular weight excluding hydrogens is 180 g/mol. The summed E-state index contributed by atoms with van der Waals surface area (Å²) in [5.41, 5.74) is 7.17. The topological polar surface area (TPSA) is 72.2 Å². The van der Waals surface area contributed by atoms with Gasteiger partial charge in [-0.15, -0.1) is 0 Å². The van der Waals surface area contributed by atoms with Crippen molar-refractivity contribution < 1.29 is 9.59 Å². The number of fused-ring (bicyclic) bond motifs is 1. The Morgan fingerprint density at radius 3 is 2.79 bits per heavy atom. The van der Waals surface area contributed by atoms with E-state index >= 15 is 0 Å². The minimum Gasteiger partial charge on any atom is -0.366 e. The number of amides is 2. The lowest BCUT2D eigenvalue weighted by Gasteiger charge is -1.99. The first kappa shape index (κ1) is 8.50. The van der Waals surface area contributed by atoms with Gasteiger partial charge in [0.25, 0.3) is 5.91 Å². The van der Waals surface area contributed by atoms with Crippen molar-refractivity contribution >= 4 is 23.1 Å². The van der Waals surface area contributed by atoms with Gasteiger partial charge >= 0.3 is 0 Å². The van der Waals surface area contributed by atoms with Crippen molar-refractivity contribution in [2.24, 2.45) is 5.73 Å². The van der Waals surface area contributed by atoms with Crippen LogP contribution in [-0.4, -0.2) is 11.8 Å². The third-order valence-corrected chi connectivity index (χ3v) is 2.15. The Morgan fingerprint density at radius 2 is 2.14 bits per heavy atom. The molecule has 0 fully saturated rings. The van der Waals surface area contributed by atoms with Gasteiger partial charge in [-0.3, -0.25) is 9.59 Å². The summed E-state index contributed by atoms with van der Waals surface area (Å²) in [7, 11) is 0. The van der Waals surface area contributed by atoms with Gasteiger partial charge in [-0.05, 0) is 18.2 Å². The Hall–Kier alpha value is -2.10. The first-order valence-corrected chi connectivity index (χ1v) is 4.04. The fraction of sp³-hybridized carbons (Fsp3) is 0. The lowest BCUT2D eigenvalue weighted by molar-refractivity contribution is -0.110. The van der Waals surface area contributed by atoms with Crippen LogP contribution in [0.5, 0.6) is 0 Å². The molecule has 0 atom stereocenters. The van der Waals surface area contributed by atoms with E-state index in [1.54, 1.807) is 18.2 Å². The average Bonchev–Trinajstić information content (AvgIpc) is 2.43. The highest BCUT2D eigenvalue weighted by Crippen LogP contribution is 2.30. The second-order valence-electron chi connectivity index (χ2n) is 3.06. The summed E-state index contributed by atoms with van der Waals surface area (Å²) in [5, 5.41) is 2.62. The highest BCUT2D eigenvalue weighted by atomic mass is 16.2. The molecule has 14 heavy (non-hydrogen) atoms. The molecule has 1 aromatic carbocycles. The van der Waals surface area contributed by atoms with Crippen LogP contribution < -0.4 is 11.1 Å². The fourth-order valence-electron chi connectivity index (χ4n) is 1.38. The predicted octanol–water partition coefficient (Wildman–Crippen LogP) is 0.751. The minimum absolute atomic E-state index is 0.235. The summed E-state index contributed by atoms with van der Waals surface area (Å²) in [4.78, 5) is 22.1. The number of nitrogens with two attached hydrogens (primary N) is 1. The van der Waals surface area contributed by atoms with Crippen molar-refractivity contribution in [3.8, 4) is 0 Å². The monoisotopic (exact) mass is 188 g/mol. The first-order chi connectivity index (χ1) is 6.59. The van der Waals surface area contributed by atoms with E-state index in [9.17, 15) is 9.59 Å². The van der Waals surface area contributed by atoms with Crippen LogP contribution in [0.15, 0.2) is 24.8 Å². The number of hydrogen-bond acceptors (Lipinski definition) is 2. The molecule has 70 valence electrons. The Balaban J connectivity index is 2.57. The van der Waals surface area contributed by atoms with Gasteiger partial charge in [-0.25, -0.2) is 0 Å². The SMILES string of the molecule is C=C1C(=O)Nc2ccc(C(N)=O)cc21. The van der Waals surface area contributed by atoms with E-state index in [1.807, 2.05) is 0 Å². The number of carbonyl (C=O) groups excluding carboxylic acids is 2. The normalized spacial score (nSPS) is 13.7. The number of benzene rings is 1. The van der Waals surface area contributed by atoms with Gasteiger partial charge in [-0.2, -0.15) is 0 Å². The quantitative estimate of drug-likeness (QED) is 0.638. The molecule has 0 saturated heterocycles. The van der Waals surface area contributed by atoms with E-state index in [0.717, 1.165) is 0 Å². The van der Waals surface area contributed by atoms with Crippen molar-refractivity contribution in [2.75, 3.05) is 5.32 Å². The van der Waals surface area contributed by atoms with E-state index in [0.29, 0.717) is 22.4 Å². The van der Waals surface area contributed by atoms with Crippen molar-refractivity contribution in [2.45, 2.75) is 0 Å². The van der Waals surface area contributed by atoms with E-state index in [2.05, 4.69) is 11.9 Å². The first-order valence-electron chi connectivity index (χ1n) is 4.04. The molecule has 0 bridgehead atoms. The zero-order valence-corrected chi connectivity index (χ0v) is 7.33. The lowest BCUT2D eigenvalue weighted by atomic mass is 10.1. The molecule has 2 amide bonds. The Kier molecular flexibility index (Phi) is 1.64. The second-order valence-corrected chi connectivity index (χ2v) is 3.06. The molecule has 0 spiro atoms. The van der Waals surface area contributed by atoms with Crippen molar-refractivity contribution in [3.05, 3.63) is 35.9 Å². The summed E-state index contributed by atoms with van der Waals surface area (Å²) < 4.78 is 0. The van der Waals surface area contributed by atoms with Crippen LogP contribution in [0.1, 0.15) is 15.9 Å². The number of primary amides is 1. The number of nitrogens with one attached hydrogen (secondary N) is 1. The van der Waals surface area contributed by atoms with Crippen molar-refractivity contribution in [3.63, 3.8) is 0 Å².